The maximum atomic E-state index is 13.2. The van der Waals surface area contributed by atoms with E-state index in [1.54, 1.807) is 53.6 Å². The van der Waals surface area contributed by atoms with Gasteiger partial charge in [0.15, 0.2) is 0 Å². The molecule has 4 aromatic rings. The highest BCUT2D eigenvalue weighted by Gasteiger charge is 2.11. The molecule has 2 N–H and O–H groups in total. The average Bonchev–Trinajstić information content (AvgIpc) is 3.24. The largest absolute Gasteiger partial charge is 0.340 e. The standard InChI is InChI=1S/C21H16ClFN6O/c1-13-25-19(11-20(26-13)29-9-8-24-12-29)27-15-3-5-16(6-4-15)28-21(30)17-7-2-14(23)10-18(17)22/h2-12H,1H3,(H,28,30)(H,25,26,27). The second-order valence-electron chi connectivity index (χ2n) is 6.41. The number of aromatic nitrogens is 4. The molecule has 30 heavy (non-hydrogen) atoms. The Balaban J connectivity index is 1.47. The summed E-state index contributed by atoms with van der Waals surface area (Å²) in [7, 11) is 0. The summed E-state index contributed by atoms with van der Waals surface area (Å²) in [6, 6.07) is 12.5. The van der Waals surface area contributed by atoms with Gasteiger partial charge in [0.1, 0.15) is 29.6 Å². The number of imidazole rings is 1. The van der Waals surface area contributed by atoms with Crippen LogP contribution in [0, 0.1) is 12.7 Å². The van der Waals surface area contributed by atoms with Crippen LogP contribution < -0.4 is 10.6 Å². The fraction of sp³-hybridized carbons (Fsp3) is 0.0476. The molecule has 2 aromatic heterocycles. The Morgan fingerprint density at radius 3 is 2.53 bits per heavy atom. The zero-order valence-electron chi connectivity index (χ0n) is 15.8. The zero-order valence-corrected chi connectivity index (χ0v) is 16.6. The normalized spacial score (nSPS) is 10.6. The number of hydrogen-bond acceptors (Lipinski definition) is 5. The van der Waals surface area contributed by atoms with Crippen LogP contribution in [-0.4, -0.2) is 25.4 Å². The molecule has 2 heterocycles. The van der Waals surface area contributed by atoms with Gasteiger partial charge < -0.3 is 10.6 Å². The lowest BCUT2D eigenvalue weighted by Gasteiger charge is -2.10. The number of aryl methyl sites for hydroxylation is 1. The summed E-state index contributed by atoms with van der Waals surface area (Å²) in [5.41, 5.74) is 1.55. The summed E-state index contributed by atoms with van der Waals surface area (Å²) in [4.78, 5) is 25.2. The first-order chi connectivity index (χ1) is 14.5. The van der Waals surface area contributed by atoms with E-state index >= 15 is 0 Å². The smallest absolute Gasteiger partial charge is 0.257 e. The molecule has 0 saturated carbocycles. The van der Waals surface area contributed by atoms with Gasteiger partial charge in [-0.1, -0.05) is 11.6 Å². The number of amides is 1. The third-order valence-electron chi connectivity index (χ3n) is 4.18. The van der Waals surface area contributed by atoms with Gasteiger partial charge in [-0.15, -0.1) is 0 Å². The lowest BCUT2D eigenvalue weighted by molar-refractivity contribution is 0.102. The summed E-state index contributed by atoms with van der Waals surface area (Å²) in [6.07, 6.45) is 5.14. The van der Waals surface area contributed by atoms with Gasteiger partial charge in [-0.2, -0.15) is 0 Å². The average molecular weight is 423 g/mol. The molecule has 0 aliphatic carbocycles. The fourth-order valence-electron chi connectivity index (χ4n) is 2.80. The summed E-state index contributed by atoms with van der Waals surface area (Å²) < 4.78 is 14.9. The molecule has 1 amide bonds. The molecule has 0 radical (unpaired) electrons. The Morgan fingerprint density at radius 2 is 1.83 bits per heavy atom. The van der Waals surface area contributed by atoms with Crippen molar-refractivity contribution in [3.05, 3.63) is 89.5 Å². The molecule has 7 nitrogen and oxygen atoms in total. The molecule has 4 rings (SSSR count). The van der Waals surface area contributed by atoms with Gasteiger partial charge in [-0.3, -0.25) is 9.36 Å². The van der Waals surface area contributed by atoms with Gasteiger partial charge in [0.05, 0.1) is 10.6 Å². The Kier molecular flexibility index (Phi) is 5.40. The molecule has 0 unspecified atom stereocenters. The van der Waals surface area contributed by atoms with Crippen LogP contribution in [0.25, 0.3) is 5.82 Å². The Bertz CT molecular complexity index is 1190. The van der Waals surface area contributed by atoms with Crippen molar-refractivity contribution < 1.29 is 9.18 Å². The van der Waals surface area contributed by atoms with Gasteiger partial charge in [-0.05, 0) is 49.4 Å². The number of halogens is 2. The first kappa shape index (κ1) is 19.5. The van der Waals surface area contributed by atoms with Gasteiger partial charge in [-0.25, -0.2) is 19.3 Å². The molecule has 150 valence electrons. The van der Waals surface area contributed by atoms with Crippen LogP contribution >= 0.6 is 11.6 Å². The maximum Gasteiger partial charge on any atom is 0.257 e. The summed E-state index contributed by atoms with van der Waals surface area (Å²) in [5, 5.41) is 6.01. The van der Waals surface area contributed by atoms with Crippen molar-refractivity contribution in [2.45, 2.75) is 6.92 Å². The van der Waals surface area contributed by atoms with Crippen LogP contribution in [-0.2, 0) is 0 Å². The van der Waals surface area contributed by atoms with E-state index < -0.39 is 11.7 Å². The van der Waals surface area contributed by atoms with Gasteiger partial charge in [0, 0.05) is 29.8 Å². The van der Waals surface area contributed by atoms with Crippen LogP contribution in [0.5, 0.6) is 0 Å². The first-order valence-electron chi connectivity index (χ1n) is 8.95. The molecule has 0 spiro atoms. The molecular formula is C21H16ClFN6O. The Morgan fingerprint density at radius 1 is 1.07 bits per heavy atom. The van der Waals surface area contributed by atoms with Crippen molar-refractivity contribution in [2.75, 3.05) is 10.6 Å². The third-order valence-corrected chi connectivity index (χ3v) is 4.50. The minimum Gasteiger partial charge on any atom is -0.340 e. The lowest BCUT2D eigenvalue weighted by Crippen LogP contribution is -2.12. The molecule has 0 aliphatic heterocycles. The van der Waals surface area contributed by atoms with Gasteiger partial charge in [0.2, 0.25) is 0 Å². The van der Waals surface area contributed by atoms with Crippen LogP contribution in [0.1, 0.15) is 16.2 Å². The van der Waals surface area contributed by atoms with E-state index in [1.807, 2.05) is 6.92 Å². The third kappa shape index (κ3) is 4.44. The first-order valence-corrected chi connectivity index (χ1v) is 9.33. The van der Waals surface area contributed by atoms with E-state index in [0.29, 0.717) is 23.1 Å². The number of rotatable bonds is 5. The molecule has 0 fully saturated rings. The monoisotopic (exact) mass is 422 g/mol. The van der Waals surface area contributed by atoms with Crippen molar-refractivity contribution in [3.8, 4) is 5.82 Å². The second-order valence-corrected chi connectivity index (χ2v) is 6.82. The SMILES string of the molecule is Cc1nc(Nc2ccc(NC(=O)c3ccc(F)cc3Cl)cc2)cc(-n2ccnc2)n1. The second kappa shape index (κ2) is 8.30. The number of nitrogens with one attached hydrogen (secondary N) is 2. The van der Waals surface area contributed by atoms with E-state index in [4.69, 9.17) is 11.6 Å². The number of benzene rings is 2. The van der Waals surface area contributed by atoms with E-state index in [-0.39, 0.29) is 10.6 Å². The number of carbonyl (C=O) groups is 1. The molecule has 0 atom stereocenters. The van der Waals surface area contributed by atoms with Crippen LogP contribution in [0.4, 0.5) is 21.6 Å². The van der Waals surface area contributed by atoms with Crippen LogP contribution in [0.3, 0.4) is 0 Å². The van der Waals surface area contributed by atoms with Crippen molar-refractivity contribution in [1.29, 1.82) is 0 Å². The maximum absolute atomic E-state index is 13.2. The number of anilines is 3. The van der Waals surface area contributed by atoms with Gasteiger partial charge >= 0.3 is 0 Å². The Labute approximate surface area is 176 Å². The molecule has 2 aromatic carbocycles. The number of nitrogens with zero attached hydrogens (tertiary/aromatic N) is 4. The van der Waals surface area contributed by atoms with Crippen molar-refractivity contribution in [1.82, 2.24) is 19.5 Å². The quantitative estimate of drug-likeness (QED) is 0.484. The highest BCUT2D eigenvalue weighted by atomic mass is 35.5. The lowest BCUT2D eigenvalue weighted by atomic mass is 10.2. The van der Waals surface area contributed by atoms with E-state index in [2.05, 4.69) is 25.6 Å². The molecule has 0 saturated heterocycles. The molecule has 9 heteroatoms. The highest BCUT2D eigenvalue weighted by Crippen LogP contribution is 2.22. The molecular weight excluding hydrogens is 407 g/mol. The van der Waals surface area contributed by atoms with Crippen molar-refractivity contribution in [2.24, 2.45) is 0 Å². The van der Waals surface area contributed by atoms with Crippen molar-refractivity contribution in [3.63, 3.8) is 0 Å². The van der Waals surface area contributed by atoms with E-state index in [1.165, 1.54) is 12.1 Å². The predicted molar refractivity (Wildman–Crippen MR) is 113 cm³/mol. The van der Waals surface area contributed by atoms with Gasteiger partial charge in [0.25, 0.3) is 5.91 Å². The summed E-state index contributed by atoms with van der Waals surface area (Å²) in [5.74, 6) is 1.02. The summed E-state index contributed by atoms with van der Waals surface area (Å²) >= 11 is 5.94. The minimum atomic E-state index is -0.497. The van der Waals surface area contributed by atoms with Crippen LogP contribution in [0.2, 0.25) is 5.02 Å². The predicted octanol–water partition coefficient (Wildman–Crippen LogP) is 4.76. The molecule has 0 aliphatic rings. The zero-order chi connectivity index (χ0) is 21.1. The van der Waals surface area contributed by atoms with Crippen LogP contribution in [0.15, 0.2) is 67.3 Å². The Hall–Kier alpha value is -3.78. The van der Waals surface area contributed by atoms with E-state index in [9.17, 15) is 9.18 Å². The molecule has 0 bridgehead atoms. The topological polar surface area (TPSA) is 84.7 Å². The number of hydrogen-bond donors (Lipinski definition) is 2. The summed E-state index contributed by atoms with van der Waals surface area (Å²) in [6.45, 7) is 1.81. The highest BCUT2D eigenvalue weighted by molar-refractivity contribution is 6.34. The number of carbonyl (C=O) groups excluding carboxylic acids is 1. The minimum absolute atomic E-state index is 0.0543. The van der Waals surface area contributed by atoms with E-state index in [0.717, 1.165) is 11.8 Å². The van der Waals surface area contributed by atoms with Crippen molar-refractivity contribution >= 4 is 34.7 Å². The fourth-order valence-corrected chi connectivity index (χ4v) is 3.05.